The van der Waals surface area contributed by atoms with Gasteiger partial charge in [0.1, 0.15) is 0 Å². The lowest BCUT2D eigenvalue weighted by Gasteiger charge is -2.26. The Morgan fingerprint density at radius 1 is 1.45 bits per heavy atom. The maximum atomic E-state index is 5.61. The minimum Gasteiger partial charge on any atom is -0.381 e. The van der Waals surface area contributed by atoms with Crippen LogP contribution in [-0.2, 0) is 4.74 Å². The fraction of sp³-hybridized carbons (Fsp3) is 1.00. The molecule has 0 radical (unpaired) electrons. The number of rotatable bonds is 5. The molecule has 0 aliphatic rings. The summed E-state index contributed by atoms with van der Waals surface area (Å²) < 4.78 is 5.28. The summed E-state index contributed by atoms with van der Waals surface area (Å²) in [4.78, 5) is 0. The van der Waals surface area contributed by atoms with Crippen LogP contribution in [0.25, 0.3) is 0 Å². The van der Waals surface area contributed by atoms with Gasteiger partial charge in [0.25, 0.3) is 0 Å². The predicted molar refractivity (Wildman–Crippen MR) is 48.5 cm³/mol. The summed E-state index contributed by atoms with van der Waals surface area (Å²) in [5.41, 5.74) is 5.83. The van der Waals surface area contributed by atoms with Gasteiger partial charge in [-0.25, -0.2) is 0 Å². The van der Waals surface area contributed by atoms with Crippen LogP contribution in [0, 0.1) is 5.41 Å². The average molecular weight is 159 g/mol. The smallest absolute Gasteiger partial charge is 0.0574 e. The molecule has 0 saturated carbocycles. The van der Waals surface area contributed by atoms with Crippen LogP contribution in [0.3, 0.4) is 0 Å². The third kappa shape index (κ3) is 4.38. The highest BCUT2D eigenvalue weighted by Gasteiger charge is 2.20. The van der Waals surface area contributed by atoms with Crippen LogP contribution >= 0.6 is 0 Å². The summed E-state index contributed by atoms with van der Waals surface area (Å²) in [5, 5.41) is 0. The van der Waals surface area contributed by atoms with Crippen LogP contribution in [0.4, 0.5) is 0 Å². The van der Waals surface area contributed by atoms with Crippen molar-refractivity contribution in [2.24, 2.45) is 11.1 Å². The van der Waals surface area contributed by atoms with Crippen molar-refractivity contribution in [2.45, 2.75) is 39.7 Å². The molecule has 0 spiro atoms. The van der Waals surface area contributed by atoms with E-state index in [1.807, 2.05) is 0 Å². The standard InChI is InChI=1S/C9H21NO/c1-5-8(11-4)6-9(2,3)7-10/h8H,5-7,10H2,1-4H3. The van der Waals surface area contributed by atoms with Crippen molar-refractivity contribution in [1.82, 2.24) is 0 Å². The molecule has 2 heteroatoms. The van der Waals surface area contributed by atoms with Crippen LogP contribution < -0.4 is 5.73 Å². The van der Waals surface area contributed by atoms with Gasteiger partial charge in [0.15, 0.2) is 0 Å². The summed E-state index contributed by atoms with van der Waals surface area (Å²) in [6.07, 6.45) is 2.49. The molecule has 0 fully saturated rings. The van der Waals surface area contributed by atoms with Crippen molar-refractivity contribution in [2.75, 3.05) is 13.7 Å². The highest BCUT2D eigenvalue weighted by Crippen LogP contribution is 2.22. The van der Waals surface area contributed by atoms with E-state index in [1.165, 1.54) is 0 Å². The molecule has 0 bridgehead atoms. The first kappa shape index (κ1) is 10.9. The van der Waals surface area contributed by atoms with Crippen LogP contribution in [0.15, 0.2) is 0 Å². The van der Waals surface area contributed by atoms with E-state index in [0.717, 1.165) is 19.4 Å². The number of hydrogen-bond acceptors (Lipinski definition) is 2. The van der Waals surface area contributed by atoms with Crippen molar-refractivity contribution < 1.29 is 4.74 Å². The van der Waals surface area contributed by atoms with Gasteiger partial charge >= 0.3 is 0 Å². The summed E-state index contributed by atoms with van der Waals surface area (Å²) in [7, 11) is 1.76. The van der Waals surface area contributed by atoms with E-state index in [0.29, 0.717) is 6.10 Å². The third-order valence-electron chi connectivity index (χ3n) is 2.12. The molecule has 0 heterocycles. The molecule has 11 heavy (non-hydrogen) atoms. The van der Waals surface area contributed by atoms with E-state index >= 15 is 0 Å². The predicted octanol–water partition coefficient (Wildman–Crippen LogP) is 1.79. The minimum absolute atomic E-state index is 0.219. The van der Waals surface area contributed by atoms with Crippen LogP contribution in [0.1, 0.15) is 33.6 Å². The highest BCUT2D eigenvalue weighted by atomic mass is 16.5. The summed E-state index contributed by atoms with van der Waals surface area (Å²) in [5.74, 6) is 0. The molecular weight excluding hydrogens is 138 g/mol. The number of nitrogens with two attached hydrogens (primary N) is 1. The van der Waals surface area contributed by atoms with E-state index in [9.17, 15) is 0 Å². The maximum absolute atomic E-state index is 5.61. The normalized spacial score (nSPS) is 15.0. The lowest BCUT2D eigenvalue weighted by atomic mass is 9.86. The van der Waals surface area contributed by atoms with Crippen molar-refractivity contribution in [3.8, 4) is 0 Å². The first-order valence-corrected chi connectivity index (χ1v) is 4.28. The van der Waals surface area contributed by atoms with Crippen LogP contribution in [-0.4, -0.2) is 19.8 Å². The Kier molecular flexibility index (Phi) is 4.69. The molecule has 0 aliphatic carbocycles. The minimum atomic E-state index is 0.219. The van der Waals surface area contributed by atoms with Crippen LogP contribution in [0.5, 0.6) is 0 Å². The van der Waals surface area contributed by atoms with Crippen molar-refractivity contribution in [3.05, 3.63) is 0 Å². The van der Waals surface area contributed by atoms with Gasteiger partial charge in [-0.2, -0.15) is 0 Å². The fourth-order valence-corrected chi connectivity index (χ4v) is 1.09. The Morgan fingerprint density at radius 3 is 2.27 bits per heavy atom. The molecular formula is C9H21NO. The van der Waals surface area contributed by atoms with E-state index in [2.05, 4.69) is 20.8 Å². The Hall–Kier alpha value is -0.0800. The van der Waals surface area contributed by atoms with E-state index < -0.39 is 0 Å². The van der Waals surface area contributed by atoms with Gasteiger partial charge in [0.05, 0.1) is 6.10 Å². The van der Waals surface area contributed by atoms with Crippen molar-refractivity contribution in [3.63, 3.8) is 0 Å². The van der Waals surface area contributed by atoms with E-state index in [-0.39, 0.29) is 5.41 Å². The number of ether oxygens (including phenoxy) is 1. The summed E-state index contributed by atoms with van der Waals surface area (Å²) in [6.45, 7) is 7.22. The Bertz CT molecular complexity index is 97.7. The molecule has 0 aliphatic heterocycles. The van der Waals surface area contributed by atoms with Gasteiger partial charge in [0.2, 0.25) is 0 Å². The molecule has 68 valence electrons. The van der Waals surface area contributed by atoms with Crippen LogP contribution in [0.2, 0.25) is 0 Å². The highest BCUT2D eigenvalue weighted by molar-refractivity contribution is 4.73. The van der Waals surface area contributed by atoms with E-state index in [4.69, 9.17) is 10.5 Å². The van der Waals surface area contributed by atoms with Gasteiger partial charge in [-0.05, 0) is 24.8 Å². The third-order valence-corrected chi connectivity index (χ3v) is 2.12. The molecule has 0 rings (SSSR count). The number of hydrogen-bond donors (Lipinski definition) is 1. The largest absolute Gasteiger partial charge is 0.381 e. The Balaban J connectivity index is 3.79. The Labute approximate surface area is 70.1 Å². The monoisotopic (exact) mass is 159 g/mol. The second-order valence-corrected chi connectivity index (χ2v) is 3.84. The molecule has 1 atom stereocenters. The quantitative estimate of drug-likeness (QED) is 0.663. The fourth-order valence-electron chi connectivity index (χ4n) is 1.09. The van der Waals surface area contributed by atoms with Gasteiger partial charge in [0, 0.05) is 7.11 Å². The zero-order chi connectivity index (χ0) is 8.91. The van der Waals surface area contributed by atoms with Gasteiger partial charge in [-0.15, -0.1) is 0 Å². The zero-order valence-electron chi connectivity index (χ0n) is 8.18. The van der Waals surface area contributed by atoms with Crippen molar-refractivity contribution in [1.29, 1.82) is 0 Å². The molecule has 0 amide bonds. The maximum Gasteiger partial charge on any atom is 0.0574 e. The SMILES string of the molecule is CCC(CC(C)(C)CN)OC. The molecule has 2 nitrogen and oxygen atoms in total. The lowest BCUT2D eigenvalue weighted by molar-refractivity contribution is 0.0610. The molecule has 0 aromatic rings. The zero-order valence-corrected chi connectivity index (χ0v) is 8.18. The van der Waals surface area contributed by atoms with Gasteiger partial charge < -0.3 is 10.5 Å². The first-order chi connectivity index (χ1) is 5.05. The summed E-state index contributed by atoms with van der Waals surface area (Å²) >= 11 is 0. The molecule has 2 N–H and O–H groups in total. The molecule has 0 aromatic carbocycles. The van der Waals surface area contributed by atoms with Crippen molar-refractivity contribution >= 4 is 0 Å². The van der Waals surface area contributed by atoms with Gasteiger partial charge in [-0.1, -0.05) is 20.8 Å². The lowest BCUT2D eigenvalue weighted by Crippen LogP contribution is -2.29. The number of methoxy groups -OCH3 is 1. The first-order valence-electron chi connectivity index (χ1n) is 4.28. The molecule has 1 unspecified atom stereocenters. The van der Waals surface area contributed by atoms with E-state index in [1.54, 1.807) is 7.11 Å². The summed E-state index contributed by atoms with van der Waals surface area (Å²) in [6, 6.07) is 0. The van der Waals surface area contributed by atoms with Gasteiger partial charge in [-0.3, -0.25) is 0 Å². The average Bonchev–Trinajstić information content (AvgIpc) is 2.00. The molecule has 0 aromatic heterocycles. The molecule has 0 saturated heterocycles. The topological polar surface area (TPSA) is 35.2 Å². The second kappa shape index (κ2) is 4.73. The second-order valence-electron chi connectivity index (χ2n) is 3.84. The Morgan fingerprint density at radius 2 is 2.00 bits per heavy atom.